The van der Waals surface area contributed by atoms with E-state index in [0.717, 1.165) is 11.1 Å². The van der Waals surface area contributed by atoms with Gasteiger partial charge >= 0.3 is 5.97 Å². The van der Waals surface area contributed by atoms with Gasteiger partial charge in [0.1, 0.15) is 18.8 Å². The smallest absolute Gasteiger partial charge is 0.339 e. The van der Waals surface area contributed by atoms with Gasteiger partial charge in [0.2, 0.25) is 0 Å². The third-order valence-electron chi connectivity index (χ3n) is 3.15. The van der Waals surface area contributed by atoms with Crippen LogP contribution in [0.3, 0.4) is 0 Å². The highest BCUT2D eigenvalue weighted by Crippen LogP contribution is 2.33. The highest BCUT2D eigenvalue weighted by molar-refractivity contribution is 5.92. The topological polar surface area (TPSA) is 82.0 Å². The van der Waals surface area contributed by atoms with Crippen LogP contribution >= 0.6 is 0 Å². The number of benzene rings is 1. The molecule has 0 atom stereocenters. The van der Waals surface area contributed by atoms with Crippen LogP contribution in [0.15, 0.2) is 64.2 Å². The summed E-state index contributed by atoms with van der Waals surface area (Å²) in [4.78, 5) is 11.4. The van der Waals surface area contributed by atoms with Crippen molar-refractivity contribution in [3.63, 3.8) is 0 Å². The summed E-state index contributed by atoms with van der Waals surface area (Å²) in [5.74, 6) is -0.541. The first-order valence-electron chi connectivity index (χ1n) is 6.88. The Bertz CT molecular complexity index is 758. The Morgan fingerprint density at radius 3 is 2.17 bits per heavy atom. The van der Waals surface area contributed by atoms with Crippen LogP contribution in [0.4, 0.5) is 0 Å². The van der Waals surface area contributed by atoms with Gasteiger partial charge in [-0.15, -0.1) is 0 Å². The van der Waals surface area contributed by atoms with Crippen LogP contribution in [-0.4, -0.2) is 11.1 Å². The summed E-state index contributed by atoms with van der Waals surface area (Å²) < 4.78 is 21.3. The lowest BCUT2D eigenvalue weighted by atomic mass is 10.2. The molecule has 0 unspecified atom stereocenters. The van der Waals surface area contributed by atoms with Crippen LogP contribution in [0.2, 0.25) is 0 Å². The van der Waals surface area contributed by atoms with Gasteiger partial charge in [0.15, 0.2) is 11.5 Å². The molecule has 23 heavy (non-hydrogen) atoms. The average molecular weight is 314 g/mol. The number of hydrogen-bond donors (Lipinski definition) is 1. The number of carboxylic acids is 1. The van der Waals surface area contributed by atoms with Crippen molar-refractivity contribution in [1.29, 1.82) is 0 Å². The summed E-state index contributed by atoms with van der Waals surface area (Å²) in [6.45, 7) is 0.435. The Morgan fingerprint density at radius 1 is 0.957 bits per heavy atom. The fourth-order valence-corrected chi connectivity index (χ4v) is 2.01. The lowest BCUT2D eigenvalue weighted by Crippen LogP contribution is -2.06. The van der Waals surface area contributed by atoms with Gasteiger partial charge in [-0.3, -0.25) is 0 Å². The molecular formula is C17H14O6. The van der Waals surface area contributed by atoms with Crippen molar-refractivity contribution in [3.05, 3.63) is 72.1 Å². The molecule has 0 fully saturated rings. The van der Waals surface area contributed by atoms with Crippen LogP contribution < -0.4 is 9.47 Å². The summed E-state index contributed by atoms with van der Waals surface area (Å²) in [5, 5.41) is 9.33. The monoisotopic (exact) mass is 314 g/mol. The van der Waals surface area contributed by atoms with E-state index in [2.05, 4.69) is 0 Å². The molecule has 0 radical (unpaired) electrons. The number of ether oxygens (including phenoxy) is 2. The Morgan fingerprint density at radius 2 is 1.61 bits per heavy atom. The average Bonchev–Trinajstić information content (AvgIpc) is 3.24. The second kappa shape index (κ2) is 6.74. The number of aromatic carboxylic acids is 1. The van der Waals surface area contributed by atoms with Crippen LogP contribution in [-0.2, 0) is 13.2 Å². The Balaban J connectivity index is 1.81. The Kier molecular flexibility index (Phi) is 4.33. The van der Waals surface area contributed by atoms with Crippen molar-refractivity contribution in [2.24, 2.45) is 0 Å². The first-order chi connectivity index (χ1) is 11.2. The molecule has 6 nitrogen and oxygen atoms in total. The quantitative estimate of drug-likeness (QED) is 0.715. The molecule has 6 heteroatoms. The standard InChI is InChI=1S/C17H14O6/c18-17(19)14-2-1-3-15(22-10-12-4-6-20-8-12)16(14)23-11-13-5-7-21-9-13/h1-9H,10-11H2,(H,18,19). The molecule has 0 aliphatic rings. The summed E-state index contributed by atoms with van der Waals surface area (Å²) in [5.41, 5.74) is 1.68. The molecule has 0 aliphatic carbocycles. The number of hydrogen-bond acceptors (Lipinski definition) is 5. The second-order valence-corrected chi connectivity index (χ2v) is 4.78. The maximum atomic E-state index is 11.4. The van der Waals surface area contributed by atoms with Crippen LogP contribution in [0.25, 0.3) is 0 Å². The SMILES string of the molecule is O=C(O)c1cccc(OCc2ccoc2)c1OCc1ccoc1. The van der Waals surface area contributed by atoms with Crippen molar-refractivity contribution in [2.75, 3.05) is 0 Å². The zero-order valence-electron chi connectivity index (χ0n) is 12.1. The molecule has 2 aromatic heterocycles. The van der Waals surface area contributed by atoms with Gasteiger partial charge in [0.25, 0.3) is 0 Å². The summed E-state index contributed by atoms with van der Waals surface area (Å²) in [7, 11) is 0. The second-order valence-electron chi connectivity index (χ2n) is 4.78. The van der Waals surface area contributed by atoms with Gasteiger partial charge in [-0.05, 0) is 24.3 Å². The van der Waals surface area contributed by atoms with Gasteiger partial charge in [-0.25, -0.2) is 4.79 Å². The number of furan rings is 2. The molecular weight excluding hydrogens is 300 g/mol. The fourth-order valence-electron chi connectivity index (χ4n) is 2.01. The van der Waals surface area contributed by atoms with Crippen molar-refractivity contribution in [2.45, 2.75) is 13.2 Å². The summed E-state index contributed by atoms with van der Waals surface area (Å²) in [6, 6.07) is 8.26. The van der Waals surface area contributed by atoms with E-state index in [1.54, 1.807) is 36.8 Å². The molecule has 0 amide bonds. The normalized spacial score (nSPS) is 10.4. The maximum absolute atomic E-state index is 11.4. The molecule has 2 heterocycles. The van der Waals surface area contributed by atoms with Crippen molar-refractivity contribution in [1.82, 2.24) is 0 Å². The molecule has 0 saturated heterocycles. The van der Waals surface area contributed by atoms with E-state index in [1.165, 1.54) is 18.6 Å². The first-order valence-corrected chi connectivity index (χ1v) is 6.88. The van der Waals surface area contributed by atoms with E-state index in [0.29, 0.717) is 5.75 Å². The van der Waals surface area contributed by atoms with Gasteiger partial charge in [0.05, 0.1) is 25.1 Å². The zero-order valence-corrected chi connectivity index (χ0v) is 12.1. The fraction of sp³-hybridized carbons (Fsp3) is 0.118. The minimum Gasteiger partial charge on any atom is -0.485 e. The summed E-state index contributed by atoms with van der Waals surface area (Å²) in [6.07, 6.45) is 6.17. The van der Waals surface area contributed by atoms with E-state index in [4.69, 9.17) is 18.3 Å². The molecule has 3 aromatic rings. The number of para-hydroxylation sites is 1. The number of rotatable bonds is 7. The Hall–Kier alpha value is -3.15. The number of carbonyl (C=O) groups is 1. The minimum absolute atomic E-state index is 0.0400. The lowest BCUT2D eigenvalue weighted by Gasteiger charge is -2.14. The predicted molar refractivity (Wildman–Crippen MR) is 79.5 cm³/mol. The largest absolute Gasteiger partial charge is 0.485 e. The van der Waals surface area contributed by atoms with Gasteiger partial charge in [-0.1, -0.05) is 6.07 Å². The van der Waals surface area contributed by atoms with Crippen molar-refractivity contribution >= 4 is 5.97 Å². The first kappa shape index (κ1) is 14.8. The molecule has 3 rings (SSSR count). The molecule has 0 spiro atoms. The van der Waals surface area contributed by atoms with Gasteiger partial charge < -0.3 is 23.4 Å². The number of carboxylic acid groups (broad SMARTS) is 1. The molecule has 0 aliphatic heterocycles. The van der Waals surface area contributed by atoms with E-state index >= 15 is 0 Å². The lowest BCUT2D eigenvalue weighted by molar-refractivity contribution is 0.0690. The Labute approximate surface area is 131 Å². The molecule has 0 saturated carbocycles. The maximum Gasteiger partial charge on any atom is 0.339 e. The minimum atomic E-state index is -1.08. The zero-order chi connectivity index (χ0) is 16.1. The highest BCUT2D eigenvalue weighted by atomic mass is 16.5. The molecule has 1 N–H and O–H groups in total. The van der Waals surface area contributed by atoms with Crippen LogP contribution in [0.1, 0.15) is 21.5 Å². The molecule has 1 aromatic carbocycles. The van der Waals surface area contributed by atoms with E-state index < -0.39 is 5.97 Å². The molecule has 118 valence electrons. The van der Waals surface area contributed by atoms with E-state index in [9.17, 15) is 9.90 Å². The van der Waals surface area contributed by atoms with Crippen LogP contribution in [0, 0.1) is 0 Å². The van der Waals surface area contributed by atoms with Gasteiger partial charge in [-0.2, -0.15) is 0 Å². The van der Waals surface area contributed by atoms with Crippen LogP contribution in [0.5, 0.6) is 11.5 Å². The third-order valence-corrected chi connectivity index (χ3v) is 3.15. The predicted octanol–water partition coefficient (Wildman–Crippen LogP) is 3.73. The molecule has 0 bridgehead atoms. The van der Waals surface area contributed by atoms with E-state index in [1.807, 2.05) is 0 Å². The van der Waals surface area contributed by atoms with Gasteiger partial charge in [0, 0.05) is 11.1 Å². The highest BCUT2D eigenvalue weighted by Gasteiger charge is 2.17. The van der Waals surface area contributed by atoms with E-state index in [-0.39, 0.29) is 24.5 Å². The van der Waals surface area contributed by atoms with Crippen molar-refractivity contribution in [3.8, 4) is 11.5 Å². The third kappa shape index (κ3) is 3.55. The summed E-state index contributed by atoms with van der Waals surface area (Å²) >= 11 is 0. The van der Waals surface area contributed by atoms with Crippen molar-refractivity contribution < 1.29 is 28.2 Å².